The summed E-state index contributed by atoms with van der Waals surface area (Å²) in [6.07, 6.45) is 0. The summed E-state index contributed by atoms with van der Waals surface area (Å²) >= 11 is 0. The second-order valence-electron chi connectivity index (χ2n) is 8.87. The van der Waals surface area contributed by atoms with Crippen LogP contribution in [0.15, 0.2) is 89.3 Å². The quantitative estimate of drug-likeness (QED) is 0.324. The molecule has 4 aromatic carbocycles. The van der Waals surface area contributed by atoms with E-state index in [-0.39, 0.29) is 18.3 Å². The normalized spacial score (nSPS) is 14.0. The predicted octanol–water partition coefficient (Wildman–Crippen LogP) is 5.73. The van der Waals surface area contributed by atoms with Gasteiger partial charge >= 0.3 is 0 Å². The summed E-state index contributed by atoms with van der Waals surface area (Å²) in [4.78, 5) is 20.4. The number of hydrogen-bond acceptors (Lipinski definition) is 5. The predicted molar refractivity (Wildman–Crippen MR) is 147 cm³/mol. The number of oxazole rings is 1. The van der Waals surface area contributed by atoms with Crippen LogP contribution in [0.4, 0.5) is 5.69 Å². The first-order valence-corrected chi connectivity index (χ1v) is 12.0. The zero-order valence-electron chi connectivity index (χ0n) is 19.7. The molecule has 0 atom stereocenters. The molecule has 182 valence electrons. The summed E-state index contributed by atoms with van der Waals surface area (Å²) < 4.78 is 6.19. The van der Waals surface area contributed by atoms with Crippen molar-refractivity contribution in [1.82, 2.24) is 15.2 Å². The molecule has 1 aliphatic heterocycles. The van der Waals surface area contributed by atoms with Gasteiger partial charge in [-0.1, -0.05) is 54.6 Å². The van der Waals surface area contributed by atoms with E-state index in [0.29, 0.717) is 17.1 Å². The third-order valence-electron chi connectivity index (χ3n) is 6.51. The van der Waals surface area contributed by atoms with Crippen LogP contribution in [0, 0.1) is 0 Å². The average Bonchev–Trinajstić information content (AvgIpc) is 3.32. The van der Waals surface area contributed by atoms with Gasteiger partial charge in [0.25, 0.3) is 5.91 Å². The first-order chi connectivity index (χ1) is 17.2. The number of nitrogens with one attached hydrogen (secondary N) is 2. The van der Waals surface area contributed by atoms with Crippen LogP contribution < -0.4 is 10.6 Å². The van der Waals surface area contributed by atoms with Gasteiger partial charge in [0.1, 0.15) is 5.52 Å². The van der Waals surface area contributed by atoms with E-state index in [2.05, 4.69) is 27.7 Å². The van der Waals surface area contributed by atoms with E-state index in [4.69, 9.17) is 9.40 Å². The topological polar surface area (TPSA) is 70.4 Å². The summed E-state index contributed by atoms with van der Waals surface area (Å²) in [6.45, 7) is 5.03. The van der Waals surface area contributed by atoms with Crippen LogP contribution >= 0.6 is 12.4 Å². The highest BCUT2D eigenvalue weighted by molar-refractivity contribution is 6.13. The molecular formula is C29H27ClN4O2. The third-order valence-corrected chi connectivity index (χ3v) is 6.51. The summed E-state index contributed by atoms with van der Waals surface area (Å²) in [5.41, 5.74) is 4.81. The molecule has 0 bridgehead atoms. The van der Waals surface area contributed by atoms with Crippen molar-refractivity contribution in [2.75, 3.05) is 31.5 Å². The fourth-order valence-electron chi connectivity index (χ4n) is 4.70. The Hall–Kier alpha value is -3.71. The summed E-state index contributed by atoms with van der Waals surface area (Å²) in [7, 11) is 0. The van der Waals surface area contributed by atoms with Crippen molar-refractivity contribution in [1.29, 1.82) is 0 Å². The van der Waals surface area contributed by atoms with E-state index >= 15 is 0 Å². The number of hydrogen-bond donors (Lipinski definition) is 2. The van der Waals surface area contributed by atoms with E-state index in [1.54, 1.807) is 0 Å². The Balaban J connectivity index is 0.00000267. The van der Waals surface area contributed by atoms with Crippen LogP contribution in [0.25, 0.3) is 33.3 Å². The van der Waals surface area contributed by atoms with Crippen LogP contribution in [0.5, 0.6) is 0 Å². The lowest BCUT2D eigenvalue weighted by Crippen LogP contribution is -2.42. The molecule has 7 heteroatoms. The van der Waals surface area contributed by atoms with Gasteiger partial charge in [-0.15, -0.1) is 12.4 Å². The van der Waals surface area contributed by atoms with Gasteiger partial charge < -0.3 is 15.1 Å². The molecule has 2 heterocycles. The number of anilines is 1. The van der Waals surface area contributed by atoms with Crippen LogP contribution in [0.2, 0.25) is 0 Å². The van der Waals surface area contributed by atoms with Crippen molar-refractivity contribution in [3.63, 3.8) is 0 Å². The number of fused-ring (bicyclic) bond motifs is 2. The molecule has 1 aliphatic rings. The van der Waals surface area contributed by atoms with Crippen LogP contribution in [0.3, 0.4) is 0 Å². The number of para-hydroxylation sites is 1. The first kappa shape index (κ1) is 24.0. The van der Waals surface area contributed by atoms with Crippen molar-refractivity contribution in [3.05, 3.63) is 96.1 Å². The van der Waals surface area contributed by atoms with Crippen LogP contribution in [-0.2, 0) is 6.54 Å². The molecular weight excluding hydrogens is 472 g/mol. The number of aromatic nitrogens is 1. The van der Waals surface area contributed by atoms with Gasteiger partial charge in [-0.25, -0.2) is 4.98 Å². The van der Waals surface area contributed by atoms with Crippen molar-refractivity contribution in [2.45, 2.75) is 6.54 Å². The van der Waals surface area contributed by atoms with Gasteiger partial charge in [0, 0.05) is 38.3 Å². The van der Waals surface area contributed by atoms with E-state index in [9.17, 15) is 4.79 Å². The second kappa shape index (κ2) is 10.5. The maximum absolute atomic E-state index is 13.2. The number of piperazine rings is 1. The minimum atomic E-state index is -0.163. The van der Waals surface area contributed by atoms with Gasteiger partial charge in [-0.2, -0.15) is 0 Å². The van der Waals surface area contributed by atoms with Crippen LogP contribution in [0.1, 0.15) is 15.9 Å². The molecule has 6 rings (SSSR count). The lowest BCUT2D eigenvalue weighted by Gasteiger charge is -2.27. The minimum absolute atomic E-state index is 0. The molecule has 1 saturated heterocycles. The summed E-state index contributed by atoms with van der Waals surface area (Å²) in [6, 6.07) is 27.5. The lowest BCUT2D eigenvalue weighted by molar-refractivity contribution is 0.102. The molecule has 0 aliphatic carbocycles. The average molecular weight is 499 g/mol. The number of nitrogens with zero attached hydrogens (tertiary/aromatic N) is 2. The Morgan fingerprint density at radius 3 is 2.61 bits per heavy atom. The van der Waals surface area contributed by atoms with Gasteiger partial charge in [0.15, 0.2) is 5.58 Å². The van der Waals surface area contributed by atoms with E-state index in [1.165, 1.54) is 5.56 Å². The van der Waals surface area contributed by atoms with E-state index < -0.39 is 0 Å². The van der Waals surface area contributed by atoms with Crippen molar-refractivity contribution < 1.29 is 9.21 Å². The maximum Gasteiger partial charge on any atom is 0.256 e. The largest absolute Gasteiger partial charge is 0.436 e. The number of benzene rings is 4. The molecule has 1 fully saturated rings. The van der Waals surface area contributed by atoms with Gasteiger partial charge in [0.2, 0.25) is 5.89 Å². The smallest absolute Gasteiger partial charge is 0.256 e. The van der Waals surface area contributed by atoms with Crippen molar-refractivity contribution in [2.24, 2.45) is 0 Å². The number of rotatable bonds is 5. The Kier molecular flexibility index (Phi) is 7.00. The van der Waals surface area contributed by atoms with Gasteiger partial charge in [-0.3, -0.25) is 9.69 Å². The molecule has 6 nitrogen and oxygen atoms in total. The second-order valence-corrected chi connectivity index (χ2v) is 8.87. The molecule has 1 aromatic heterocycles. The lowest BCUT2D eigenvalue weighted by atomic mass is 10.0. The molecule has 0 radical (unpaired) electrons. The highest BCUT2D eigenvalue weighted by Crippen LogP contribution is 2.31. The molecule has 0 spiro atoms. The first-order valence-electron chi connectivity index (χ1n) is 12.0. The molecule has 2 N–H and O–H groups in total. The SMILES string of the molecule is Cl.O=C(Nc1ccccc1-c1nc2ccc(CN3CCNCC3)cc2o1)c1cccc2ccccc12. The Labute approximate surface area is 215 Å². The van der Waals surface area contributed by atoms with E-state index in [0.717, 1.165) is 60.2 Å². The Bertz CT molecular complexity index is 1520. The van der Waals surface area contributed by atoms with Crippen molar-refractivity contribution in [3.8, 4) is 11.5 Å². The fourth-order valence-corrected chi connectivity index (χ4v) is 4.70. The maximum atomic E-state index is 13.2. The molecule has 0 saturated carbocycles. The molecule has 1 amide bonds. The Morgan fingerprint density at radius 1 is 0.944 bits per heavy atom. The van der Waals surface area contributed by atoms with E-state index in [1.807, 2.05) is 72.8 Å². The molecule has 0 unspecified atom stereocenters. The highest BCUT2D eigenvalue weighted by atomic mass is 35.5. The monoisotopic (exact) mass is 498 g/mol. The number of carbonyl (C=O) groups is 1. The summed E-state index contributed by atoms with van der Waals surface area (Å²) in [5, 5.41) is 8.42. The standard InChI is InChI=1S/C29H26N4O2.ClH/c34-28(23-10-5-7-21-6-1-2-8-22(21)23)31-25-11-4-3-9-24(25)29-32-26-13-12-20(18-27(26)35-29)19-33-16-14-30-15-17-33;/h1-13,18,30H,14-17,19H2,(H,31,34);1H. The summed E-state index contributed by atoms with van der Waals surface area (Å²) in [5.74, 6) is 0.330. The molecule has 5 aromatic rings. The minimum Gasteiger partial charge on any atom is -0.436 e. The molecule has 36 heavy (non-hydrogen) atoms. The highest BCUT2D eigenvalue weighted by Gasteiger charge is 2.17. The van der Waals surface area contributed by atoms with Gasteiger partial charge in [0.05, 0.1) is 11.3 Å². The van der Waals surface area contributed by atoms with Crippen molar-refractivity contribution >= 4 is 45.9 Å². The van der Waals surface area contributed by atoms with Crippen LogP contribution in [-0.4, -0.2) is 42.0 Å². The fraction of sp³-hybridized carbons (Fsp3) is 0.172. The zero-order valence-corrected chi connectivity index (χ0v) is 20.6. The number of amides is 1. The van der Waals surface area contributed by atoms with Gasteiger partial charge in [-0.05, 0) is 46.7 Å². The Morgan fingerprint density at radius 2 is 1.72 bits per heavy atom. The zero-order chi connectivity index (χ0) is 23.6. The third kappa shape index (κ3) is 4.84. The number of halogens is 1. The number of carbonyl (C=O) groups excluding carboxylic acids is 1.